The molecule has 3 aromatic carbocycles. The van der Waals surface area contributed by atoms with Gasteiger partial charge in [0, 0.05) is 24.0 Å². The van der Waals surface area contributed by atoms with E-state index < -0.39 is 17.9 Å². The van der Waals surface area contributed by atoms with E-state index in [0.717, 1.165) is 22.3 Å². The van der Waals surface area contributed by atoms with Gasteiger partial charge in [0.05, 0.1) is 24.7 Å². The van der Waals surface area contributed by atoms with Crippen LogP contribution >= 0.6 is 0 Å². The summed E-state index contributed by atoms with van der Waals surface area (Å²) in [5, 5.41) is 12.4. The summed E-state index contributed by atoms with van der Waals surface area (Å²) >= 11 is 0. The van der Waals surface area contributed by atoms with Crippen LogP contribution in [0.2, 0.25) is 0 Å². The summed E-state index contributed by atoms with van der Waals surface area (Å²) in [6, 6.07) is 29.9. The van der Waals surface area contributed by atoms with Crippen LogP contribution in [-0.2, 0) is 22.4 Å². The van der Waals surface area contributed by atoms with E-state index in [9.17, 15) is 14.9 Å². The SMILES string of the molecule is COC(=O)[C@H](Cc1cccc(C#N)c1)[C@@H](CCc1ccccc1)NC(=O)c1ccc(-c2cccnc2)cc1. The number of aryl methyl sites for hydroxylation is 1. The van der Waals surface area contributed by atoms with Crippen molar-refractivity contribution >= 4 is 11.9 Å². The van der Waals surface area contributed by atoms with Gasteiger partial charge in [0.1, 0.15) is 0 Å². The van der Waals surface area contributed by atoms with Gasteiger partial charge in [0.15, 0.2) is 0 Å². The van der Waals surface area contributed by atoms with E-state index in [0.29, 0.717) is 30.4 Å². The van der Waals surface area contributed by atoms with E-state index in [4.69, 9.17) is 4.74 Å². The fourth-order valence-electron chi connectivity index (χ4n) is 4.50. The second-order valence-corrected chi connectivity index (χ2v) is 9.07. The molecule has 2 atom stereocenters. The number of rotatable bonds is 10. The number of nitrogens with zero attached hydrogens (tertiary/aromatic N) is 2. The Kier molecular flexibility index (Phi) is 8.98. The van der Waals surface area contributed by atoms with E-state index in [1.165, 1.54) is 7.11 Å². The first-order valence-corrected chi connectivity index (χ1v) is 12.5. The van der Waals surface area contributed by atoms with Gasteiger partial charge in [-0.15, -0.1) is 0 Å². The van der Waals surface area contributed by atoms with E-state index in [2.05, 4.69) is 16.4 Å². The number of benzene rings is 3. The van der Waals surface area contributed by atoms with Crippen LogP contribution in [0, 0.1) is 17.2 Å². The van der Waals surface area contributed by atoms with Crippen LogP contribution in [0.4, 0.5) is 0 Å². The van der Waals surface area contributed by atoms with Crippen molar-refractivity contribution in [2.45, 2.75) is 25.3 Å². The van der Waals surface area contributed by atoms with Gasteiger partial charge in [-0.05, 0) is 71.8 Å². The van der Waals surface area contributed by atoms with Gasteiger partial charge < -0.3 is 10.1 Å². The largest absolute Gasteiger partial charge is 0.469 e. The van der Waals surface area contributed by atoms with Gasteiger partial charge in [-0.2, -0.15) is 5.26 Å². The molecule has 1 heterocycles. The highest BCUT2D eigenvalue weighted by Crippen LogP contribution is 2.22. The molecule has 0 unspecified atom stereocenters. The zero-order valence-corrected chi connectivity index (χ0v) is 21.2. The lowest BCUT2D eigenvalue weighted by molar-refractivity contribution is -0.146. The minimum absolute atomic E-state index is 0.263. The molecule has 1 amide bonds. The number of methoxy groups -OCH3 is 1. The molecule has 0 aliphatic heterocycles. The van der Waals surface area contributed by atoms with Gasteiger partial charge in [-0.3, -0.25) is 14.6 Å². The van der Waals surface area contributed by atoms with Crippen LogP contribution in [0.5, 0.6) is 0 Å². The Hall–Kier alpha value is -4.76. The van der Waals surface area contributed by atoms with E-state index >= 15 is 0 Å². The van der Waals surface area contributed by atoms with Crippen molar-refractivity contribution in [1.82, 2.24) is 10.3 Å². The fraction of sp³-hybridized carbons (Fsp3) is 0.188. The van der Waals surface area contributed by atoms with Crippen molar-refractivity contribution < 1.29 is 14.3 Å². The highest BCUT2D eigenvalue weighted by molar-refractivity contribution is 5.95. The molecule has 0 radical (unpaired) electrons. The highest BCUT2D eigenvalue weighted by atomic mass is 16.5. The minimum Gasteiger partial charge on any atom is -0.469 e. The lowest BCUT2D eigenvalue weighted by Crippen LogP contribution is -2.45. The van der Waals surface area contributed by atoms with Gasteiger partial charge in [-0.1, -0.05) is 60.7 Å². The monoisotopic (exact) mass is 503 g/mol. The quantitative estimate of drug-likeness (QED) is 0.293. The zero-order valence-electron chi connectivity index (χ0n) is 21.2. The van der Waals surface area contributed by atoms with Gasteiger partial charge >= 0.3 is 5.97 Å². The van der Waals surface area contributed by atoms with Crippen LogP contribution in [0.1, 0.15) is 33.5 Å². The molecule has 0 aliphatic rings. The molecule has 0 saturated heterocycles. The lowest BCUT2D eigenvalue weighted by Gasteiger charge is -2.27. The first-order chi connectivity index (χ1) is 18.6. The smallest absolute Gasteiger partial charge is 0.311 e. The summed E-state index contributed by atoms with van der Waals surface area (Å²) < 4.78 is 5.17. The second-order valence-electron chi connectivity index (χ2n) is 9.07. The second kappa shape index (κ2) is 13.0. The molecule has 0 fully saturated rings. The van der Waals surface area contributed by atoms with Crippen molar-refractivity contribution in [2.24, 2.45) is 5.92 Å². The molecule has 0 saturated carbocycles. The number of ether oxygens (including phenoxy) is 1. The molecule has 0 spiro atoms. The normalized spacial score (nSPS) is 12.1. The summed E-state index contributed by atoms with van der Waals surface area (Å²) in [6.07, 6.45) is 5.05. The molecule has 6 heteroatoms. The van der Waals surface area contributed by atoms with Gasteiger partial charge in [-0.25, -0.2) is 0 Å². The number of carbonyl (C=O) groups excluding carboxylic acids is 2. The number of nitriles is 1. The summed E-state index contributed by atoms with van der Waals surface area (Å²) in [6.45, 7) is 0. The molecule has 1 N–H and O–H groups in total. The van der Waals surface area contributed by atoms with E-state index in [1.54, 1.807) is 42.7 Å². The Morgan fingerprint density at radius 1 is 0.921 bits per heavy atom. The van der Waals surface area contributed by atoms with Crippen LogP contribution in [0.15, 0.2) is 103 Å². The third-order valence-electron chi connectivity index (χ3n) is 6.55. The Bertz CT molecular complexity index is 1400. The predicted molar refractivity (Wildman–Crippen MR) is 146 cm³/mol. The molecule has 4 aromatic rings. The Morgan fingerprint density at radius 3 is 2.37 bits per heavy atom. The van der Waals surface area contributed by atoms with Crippen molar-refractivity contribution in [3.05, 3.63) is 126 Å². The first kappa shape index (κ1) is 26.3. The molecular formula is C32H29N3O3. The molecule has 1 aromatic heterocycles. The van der Waals surface area contributed by atoms with Crippen LogP contribution in [-0.4, -0.2) is 30.0 Å². The summed E-state index contributed by atoms with van der Waals surface area (Å²) in [7, 11) is 1.36. The molecular weight excluding hydrogens is 474 g/mol. The van der Waals surface area contributed by atoms with Gasteiger partial charge in [0.25, 0.3) is 5.91 Å². The standard InChI is InChI=1S/C32H29N3O3/c1-38-32(37)29(20-24-9-5-10-25(19-24)21-33)30(17-12-23-7-3-2-4-8-23)35-31(36)27-15-13-26(14-16-27)28-11-6-18-34-22-28/h2-11,13-16,18-19,22,29-30H,12,17,20H2,1H3,(H,35,36)/t29-,30-/m1/s1. The number of hydrogen-bond acceptors (Lipinski definition) is 5. The molecule has 38 heavy (non-hydrogen) atoms. The number of hydrogen-bond donors (Lipinski definition) is 1. The van der Waals surface area contributed by atoms with Gasteiger partial charge in [0.2, 0.25) is 0 Å². The Labute approximate surface area is 222 Å². The summed E-state index contributed by atoms with van der Waals surface area (Å²) in [5.41, 5.74) is 4.88. The van der Waals surface area contributed by atoms with Crippen molar-refractivity contribution in [3.8, 4) is 17.2 Å². The third-order valence-corrected chi connectivity index (χ3v) is 6.55. The maximum Gasteiger partial charge on any atom is 0.311 e. The predicted octanol–water partition coefficient (Wildman–Crippen LogP) is 5.38. The zero-order chi connectivity index (χ0) is 26.7. The number of amides is 1. The van der Waals surface area contributed by atoms with Crippen molar-refractivity contribution in [3.63, 3.8) is 0 Å². The molecule has 0 aliphatic carbocycles. The van der Waals surface area contributed by atoms with Crippen molar-refractivity contribution in [2.75, 3.05) is 7.11 Å². The number of nitrogens with one attached hydrogen (secondary N) is 1. The number of carbonyl (C=O) groups is 2. The van der Waals surface area contributed by atoms with E-state index in [1.807, 2.05) is 60.7 Å². The molecule has 190 valence electrons. The average molecular weight is 504 g/mol. The highest BCUT2D eigenvalue weighted by Gasteiger charge is 2.31. The number of esters is 1. The van der Waals surface area contributed by atoms with Crippen LogP contribution < -0.4 is 5.32 Å². The third kappa shape index (κ3) is 6.92. The van der Waals surface area contributed by atoms with E-state index in [-0.39, 0.29) is 5.91 Å². The molecule has 0 bridgehead atoms. The average Bonchev–Trinajstić information content (AvgIpc) is 2.98. The minimum atomic E-state index is -0.628. The Morgan fingerprint density at radius 2 is 1.68 bits per heavy atom. The maximum absolute atomic E-state index is 13.4. The summed E-state index contributed by atoms with van der Waals surface area (Å²) in [4.78, 5) is 30.5. The number of pyridine rings is 1. The topological polar surface area (TPSA) is 92.1 Å². The maximum atomic E-state index is 13.4. The molecule has 4 rings (SSSR count). The van der Waals surface area contributed by atoms with Crippen LogP contribution in [0.25, 0.3) is 11.1 Å². The fourth-order valence-corrected chi connectivity index (χ4v) is 4.50. The summed E-state index contributed by atoms with van der Waals surface area (Å²) in [5.74, 6) is -1.30. The van der Waals surface area contributed by atoms with Crippen LogP contribution in [0.3, 0.4) is 0 Å². The Balaban J connectivity index is 1.58. The van der Waals surface area contributed by atoms with Crippen molar-refractivity contribution in [1.29, 1.82) is 5.26 Å². The lowest BCUT2D eigenvalue weighted by atomic mass is 9.87. The molecule has 6 nitrogen and oxygen atoms in total. The first-order valence-electron chi connectivity index (χ1n) is 12.5. The number of aromatic nitrogens is 1.